The minimum absolute atomic E-state index is 0.0199. The van der Waals surface area contributed by atoms with Crippen LogP contribution in [0.4, 0.5) is 5.82 Å². The summed E-state index contributed by atoms with van der Waals surface area (Å²) in [7, 11) is 1.79. The number of carbonyl (C=O) groups excluding carboxylic acids is 1. The van der Waals surface area contributed by atoms with E-state index < -0.39 is 0 Å². The van der Waals surface area contributed by atoms with Crippen LogP contribution >= 0.6 is 0 Å². The first-order valence-electron chi connectivity index (χ1n) is 6.99. The average Bonchev–Trinajstić information content (AvgIpc) is 2.74. The number of nitrogens with one attached hydrogen (secondary N) is 1. The number of benzene rings is 1. The zero-order chi connectivity index (χ0) is 15.4. The number of ether oxygens (including phenoxy) is 1. The molecule has 0 aliphatic rings. The Labute approximate surface area is 124 Å². The highest BCUT2D eigenvalue weighted by atomic mass is 16.5. The molecule has 2 aromatic rings. The van der Waals surface area contributed by atoms with E-state index in [1.54, 1.807) is 11.7 Å². The molecule has 0 saturated carbocycles. The van der Waals surface area contributed by atoms with Gasteiger partial charge < -0.3 is 10.1 Å². The normalized spacial score (nSPS) is 10.7. The van der Waals surface area contributed by atoms with Gasteiger partial charge in [-0.05, 0) is 24.5 Å². The molecule has 112 valence electrons. The molecule has 0 radical (unpaired) electrons. The number of amides is 1. The van der Waals surface area contributed by atoms with Crippen LogP contribution in [0.5, 0.6) is 5.75 Å². The van der Waals surface area contributed by atoms with Crippen molar-refractivity contribution in [2.45, 2.75) is 26.7 Å². The minimum atomic E-state index is -0.198. The highest BCUT2D eigenvalue weighted by molar-refractivity contribution is 5.91. The Balaban J connectivity index is 1.97. The van der Waals surface area contributed by atoms with Crippen LogP contribution in [0.15, 0.2) is 30.3 Å². The van der Waals surface area contributed by atoms with Crippen LogP contribution in [0.25, 0.3) is 0 Å². The fraction of sp³-hybridized carbons (Fsp3) is 0.375. The second kappa shape index (κ2) is 6.43. The molecule has 0 unspecified atom stereocenters. The highest BCUT2D eigenvalue weighted by Gasteiger charge is 2.11. The maximum Gasteiger partial charge on any atom is 0.263 e. The molecule has 2 rings (SSSR count). The minimum Gasteiger partial charge on any atom is -0.483 e. The Kier molecular flexibility index (Phi) is 4.62. The van der Waals surface area contributed by atoms with Crippen LogP contribution in [0.2, 0.25) is 0 Å². The molecule has 21 heavy (non-hydrogen) atoms. The first-order chi connectivity index (χ1) is 9.97. The van der Waals surface area contributed by atoms with Gasteiger partial charge in [0.2, 0.25) is 0 Å². The number of hydrogen-bond acceptors (Lipinski definition) is 3. The fourth-order valence-corrected chi connectivity index (χ4v) is 2.14. The summed E-state index contributed by atoms with van der Waals surface area (Å²) in [6.07, 6.45) is 0. The number of anilines is 1. The van der Waals surface area contributed by atoms with Crippen LogP contribution in [-0.4, -0.2) is 22.3 Å². The molecule has 0 atom stereocenters. The lowest BCUT2D eigenvalue weighted by molar-refractivity contribution is -0.118. The van der Waals surface area contributed by atoms with Crippen LogP contribution in [0.1, 0.15) is 31.0 Å². The van der Waals surface area contributed by atoms with E-state index >= 15 is 0 Å². The number of nitrogens with zero attached hydrogens (tertiary/aromatic N) is 2. The van der Waals surface area contributed by atoms with Crippen molar-refractivity contribution < 1.29 is 9.53 Å². The van der Waals surface area contributed by atoms with Gasteiger partial charge in [0.05, 0.1) is 5.69 Å². The molecule has 1 aromatic heterocycles. The van der Waals surface area contributed by atoms with E-state index in [4.69, 9.17) is 4.74 Å². The van der Waals surface area contributed by atoms with E-state index in [9.17, 15) is 4.79 Å². The van der Waals surface area contributed by atoms with Crippen LogP contribution in [-0.2, 0) is 11.8 Å². The van der Waals surface area contributed by atoms with Gasteiger partial charge >= 0.3 is 0 Å². The Hall–Kier alpha value is -2.30. The summed E-state index contributed by atoms with van der Waals surface area (Å²) < 4.78 is 7.27. The van der Waals surface area contributed by atoms with Crippen molar-refractivity contribution in [3.8, 4) is 5.75 Å². The lowest BCUT2D eigenvalue weighted by atomic mass is 10.0. The monoisotopic (exact) mass is 287 g/mol. The number of aromatic nitrogens is 2. The summed E-state index contributed by atoms with van der Waals surface area (Å²) in [5.74, 6) is 1.57. The van der Waals surface area contributed by atoms with Crippen LogP contribution in [0.3, 0.4) is 0 Å². The topological polar surface area (TPSA) is 56.1 Å². The Morgan fingerprint density at radius 3 is 2.71 bits per heavy atom. The molecule has 5 heteroatoms. The second-order valence-electron chi connectivity index (χ2n) is 5.32. The van der Waals surface area contributed by atoms with Gasteiger partial charge in [-0.1, -0.05) is 32.0 Å². The summed E-state index contributed by atoms with van der Waals surface area (Å²) in [5.41, 5.74) is 1.96. The van der Waals surface area contributed by atoms with Gasteiger partial charge in [-0.15, -0.1) is 0 Å². The molecule has 0 fully saturated rings. The van der Waals surface area contributed by atoms with Gasteiger partial charge in [0.15, 0.2) is 6.61 Å². The zero-order valence-corrected chi connectivity index (χ0v) is 12.9. The number of hydrogen-bond donors (Lipinski definition) is 1. The lowest BCUT2D eigenvalue weighted by Crippen LogP contribution is -2.22. The standard InChI is InChI=1S/C16H21N3O2/c1-11(2)13-7-5-6-8-14(13)21-10-16(20)17-15-9-12(3)18-19(15)4/h5-9,11H,10H2,1-4H3,(H,17,20). The smallest absolute Gasteiger partial charge is 0.263 e. The Bertz CT molecular complexity index is 632. The Morgan fingerprint density at radius 2 is 2.10 bits per heavy atom. The summed E-state index contributed by atoms with van der Waals surface area (Å²) in [4.78, 5) is 12.0. The third-order valence-electron chi connectivity index (χ3n) is 3.17. The number of rotatable bonds is 5. The predicted octanol–water partition coefficient (Wildman–Crippen LogP) is 2.87. The van der Waals surface area contributed by atoms with Gasteiger partial charge in [-0.3, -0.25) is 9.48 Å². The van der Waals surface area contributed by atoms with Crippen molar-refractivity contribution in [1.82, 2.24) is 9.78 Å². The van der Waals surface area contributed by atoms with E-state index in [1.807, 2.05) is 37.3 Å². The SMILES string of the molecule is Cc1cc(NC(=O)COc2ccccc2C(C)C)n(C)n1. The van der Waals surface area contributed by atoms with E-state index in [0.717, 1.165) is 17.0 Å². The van der Waals surface area contributed by atoms with E-state index in [1.165, 1.54) is 0 Å². The molecule has 1 amide bonds. The summed E-state index contributed by atoms with van der Waals surface area (Å²) in [6, 6.07) is 9.60. The summed E-state index contributed by atoms with van der Waals surface area (Å²) >= 11 is 0. The van der Waals surface area contributed by atoms with Gasteiger partial charge in [0.25, 0.3) is 5.91 Å². The molecule has 1 N–H and O–H groups in total. The first kappa shape index (κ1) is 15.1. The lowest BCUT2D eigenvalue weighted by Gasteiger charge is -2.13. The number of aryl methyl sites for hydroxylation is 2. The fourth-order valence-electron chi connectivity index (χ4n) is 2.14. The van der Waals surface area contributed by atoms with Crippen molar-refractivity contribution in [2.75, 3.05) is 11.9 Å². The largest absolute Gasteiger partial charge is 0.483 e. The second-order valence-corrected chi connectivity index (χ2v) is 5.32. The summed E-state index contributed by atoms with van der Waals surface area (Å²) in [6.45, 7) is 6.06. The van der Waals surface area contributed by atoms with Gasteiger partial charge in [0.1, 0.15) is 11.6 Å². The molecule has 0 aliphatic heterocycles. The molecule has 5 nitrogen and oxygen atoms in total. The van der Waals surface area contributed by atoms with Crippen molar-refractivity contribution >= 4 is 11.7 Å². The van der Waals surface area contributed by atoms with Gasteiger partial charge in [-0.25, -0.2) is 0 Å². The molecule has 0 aliphatic carbocycles. The van der Waals surface area contributed by atoms with Gasteiger partial charge in [-0.2, -0.15) is 5.10 Å². The van der Waals surface area contributed by atoms with Crippen LogP contribution in [0, 0.1) is 6.92 Å². The molecule has 0 bridgehead atoms. The molecule has 1 aromatic carbocycles. The van der Waals surface area contributed by atoms with Gasteiger partial charge in [0, 0.05) is 13.1 Å². The molecule has 0 saturated heterocycles. The number of para-hydroxylation sites is 1. The van der Waals surface area contributed by atoms with E-state index in [2.05, 4.69) is 24.3 Å². The highest BCUT2D eigenvalue weighted by Crippen LogP contribution is 2.25. The molecule has 0 spiro atoms. The van der Waals surface area contributed by atoms with E-state index in [-0.39, 0.29) is 12.5 Å². The molecule has 1 heterocycles. The van der Waals surface area contributed by atoms with Crippen LogP contribution < -0.4 is 10.1 Å². The van der Waals surface area contributed by atoms with Crippen molar-refractivity contribution in [3.05, 3.63) is 41.6 Å². The average molecular weight is 287 g/mol. The predicted molar refractivity (Wildman–Crippen MR) is 82.6 cm³/mol. The zero-order valence-electron chi connectivity index (χ0n) is 12.9. The maximum atomic E-state index is 12.0. The van der Waals surface area contributed by atoms with Crippen molar-refractivity contribution in [3.63, 3.8) is 0 Å². The Morgan fingerprint density at radius 1 is 1.38 bits per heavy atom. The number of carbonyl (C=O) groups is 1. The third-order valence-corrected chi connectivity index (χ3v) is 3.17. The maximum absolute atomic E-state index is 12.0. The molecular formula is C16H21N3O2. The molecular weight excluding hydrogens is 266 g/mol. The summed E-state index contributed by atoms with van der Waals surface area (Å²) in [5, 5.41) is 6.97. The van der Waals surface area contributed by atoms with Crippen molar-refractivity contribution in [2.24, 2.45) is 7.05 Å². The van der Waals surface area contributed by atoms with E-state index in [0.29, 0.717) is 11.7 Å². The first-order valence-corrected chi connectivity index (χ1v) is 6.99. The quantitative estimate of drug-likeness (QED) is 0.920. The van der Waals surface area contributed by atoms with Crippen molar-refractivity contribution in [1.29, 1.82) is 0 Å². The third kappa shape index (κ3) is 3.84.